The first-order chi connectivity index (χ1) is 11.8. The fraction of sp³-hybridized carbons (Fsp3) is 0.278. The van der Waals surface area contributed by atoms with Crippen LogP contribution in [0.1, 0.15) is 18.9 Å². The van der Waals surface area contributed by atoms with Gasteiger partial charge in [-0.05, 0) is 61.2 Å². The summed E-state index contributed by atoms with van der Waals surface area (Å²) in [6.45, 7) is 3.73. The number of benzene rings is 2. The van der Waals surface area contributed by atoms with E-state index in [0.717, 1.165) is 6.42 Å². The van der Waals surface area contributed by atoms with E-state index in [9.17, 15) is 13.2 Å². The van der Waals surface area contributed by atoms with E-state index in [1.165, 1.54) is 6.07 Å². The van der Waals surface area contributed by atoms with Crippen molar-refractivity contribution in [3.63, 3.8) is 0 Å². The number of hydrogen-bond acceptors (Lipinski definition) is 3. The third-order valence-corrected chi connectivity index (χ3v) is 6.06. The summed E-state index contributed by atoms with van der Waals surface area (Å²) in [5, 5.41) is 3.32. The van der Waals surface area contributed by atoms with E-state index >= 15 is 0 Å². The summed E-state index contributed by atoms with van der Waals surface area (Å²) in [5.41, 5.74) is 1.50. The number of sulfonamides is 1. The molecule has 0 radical (unpaired) electrons. The first-order valence-corrected chi connectivity index (χ1v) is 9.82. The Morgan fingerprint density at radius 3 is 2.32 bits per heavy atom. The van der Waals surface area contributed by atoms with Crippen LogP contribution in [0.5, 0.6) is 0 Å². The minimum absolute atomic E-state index is 0.0218. The van der Waals surface area contributed by atoms with Crippen molar-refractivity contribution in [2.45, 2.75) is 25.2 Å². The third kappa shape index (κ3) is 4.14. The number of carbonyl (C=O) groups is 1. The van der Waals surface area contributed by atoms with Crippen LogP contribution in [0, 0.1) is 18.8 Å². The maximum Gasteiger partial charge on any atom is 0.262 e. The highest BCUT2D eigenvalue weighted by Gasteiger charge is 2.39. The highest BCUT2D eigenvalue weighted by molar-refractivity contribution is 7.92. The lowest BCUT2D eigenvalue weighted by Crippen LogP contribution is -2.17. The van der Waals surface area contributed by atoms with Gasteiger partial charge in [0.2, 0.25) is 5.91 Å². The lowest BCUT2D eigenvalue weighted by atomic mass is 10.2. The molecule has 2 aromatic rings. The maximum atomic E-state index is 12.7. The lowest BCUT2D eigenvalue weighted by molar-refractivity contribution is -0.117. The maximum absolute atomic E-state index is 12.7. The number of carbonyl (C=O) groups excluding carboxylic acids is 1. The first kappa shape index (κ1) is 17.8. The summed E-state index contributed by atoms with van der Waals surface area (Å²) < 4.78 is 27.9. The summed E-state index contributed by atoms with van der Waals surface area (Å²) in [6, 6.07) is 11.3. The number of anilines is 2. The van der Waals surface area contributed by atoms with E-state index in [0.29, 0.717) is 27.9 Å². The average molecular weight is 379 g/mol. The Hall–Kier alpha value is -2.05. The van der Waals surface area contributed by atoms with Crippen molar-refractivity contribution >= 4 is 38.9 Å². The molecule has 0 aromatic heterocycles. The summed E-state index contributed by atoms with van der Waals surface area (Å²) in [6.07, 6.45) is 0.876. The number of nitrogens with one attached hydrogen (secondary N) is 2. The molecule has 0 aliphatic heterocycles. The SMILES string of the molecule is Cc1ccc(NC(=O)[C@H]2C[C@H]2C)cc1S(=O)(=O)Nc1ccc(Cl)cc1. The summed E-state index contributed by atoms with van der Waals surface area (Å²) >= 11 is 5.82. The Bertz CT molecular complexity index is 910. The quantitative estimate of drug-likeness (QED) is 0.824. The second-order valence-corrected chi connectivity index (χ2v) is 8.49. The van der Waals surface area contributed by atoms with E-state index in [-0.39, 0.29) is 16.7 Å². The molecule has 1 fully saturated rings. The molecule has 1 aliphatic carbocycles. The molecule has 5 nitrogen and oxygen atoms in total. The van der Waals surface area contributed by atoms with Crippen molar-refractivity contribution in [1.29, 1.82) is 0 Å². The molecule has 25 heavy (non-hydrogen) atoms. The normalized spacial score (nSPS) is 19.3. The van der Waals surface area contributed by atoms with Crippen LogP contribution in [0.25, 0.3) is 0 Å². The van der Waals surface area contributed by atoms with Crippen LogP contribution in [-0.4, -0.2) is 14.3 Å². The number of amides is 1. The van der Waals surface area contributed by atoms with Crippen LogP contribution in [0.15, 0.2) is 47.4 Å². The molecule has 1 saturated carbocycles. The molecule has 2 N–H and O–H groups in total. The fourth-order valence-corrected chi connectivity index (χ4v) is 4.07. The second-order valence-electron chi connectivity index (χ2n) is 6.40. The molecule has 0 saturated heterocycles. The van der Waals surface area contributed by atoms with Crippen molar-refractivity contribution in [1.82, 2.24) is 0 Å². The Balaban J connectivity index is 1.83. The van der Waals surface area contributed by atoms with Gasteiger partial charge >= 0.3 is 0 Å². The van der Waals surface area contributed by atoms with Gasteiger partial charge < -0.3 is 5.32 Å². The van der Waals surface area contributed by atoms with Gasteiger partial charge in [-0.25, -0.2) is 8.42 Å². The van der Waals surface area contributed by atoms with Gasteiger partial charge in [-0.3, -0.25) is 9.52 Å². The van der Waals surface area contributed by atoms with Gasteiger partial charge in [-0.1, -0.05) is 24.6 Å². The van der Waals surface area contributed by atoms with Gasteiger partial charge in [0.25, 0.3) is 10.0 Å². The molecule has 3 rings (SSSR count). The van der Waals surface area contributed by atoms with Gasteiger partial charge in [-0.2, -0.15) is 0 Å². The van der Waals surface area contributed by atoms with E-state index in [1.807, 2.05) is 6.92 Å². The molecule has 2 atom stereocenters. The van der Waals surface area contributed by atoms with Crippen LogP contribution in [0.4, 0.5) is 11.4 Å². The first-order valence-electron chi connectivity index (χ1n) is 7.96. The number of aryl methyl sites for hydroxylation is 1. The van der Waals surface area contributed by atoms with Gasteiger partial charge in [0.15, 0.2) is 0 Å². The van der Waals surface area contributed by atoms with Crippen molar-refractivity contribution in [3.05, 3.63) is 53.1 Å². The molecule has 132 valence electrons. The van der Waals surface area contributed by atoms with Crippen LogP contribution in [0.2, 0.25) is 5.02 Å². The Morgan fingerprint density at radius 2 is 1.72 bits per heavy atom. The Labute approximate surface area is 152 Å². The van der Waals surface area contributed by atoms with Crippen LogP contribution < -0.4 is 10.0 Å². The zero-order valence-corrected chi connectivity index (χ0v) is 15.5. The van der Waals surface area contributed by atoms with Gasteiger partial charge in [0, 0.05) is 22.3 Å². The Morgan fingerprint density at radius 1 is 1.12 bits per heavy atom. The van der Waals surface area contributed by atoms with Crippen LogP contribution in [-0.2, 0) is 14.8 Å². The molecular formula is C18H19ClN2O3S. The summed E-state index contributed by atoms with van der Waals surface area (Å²) in [4.78, 5) is 12.2. The summed E-state index contributed by atoms with van der Waals surface area (Å²) in [7, 11) is -3.77. The molecular weight excluding hydrogens is 360 g/mol. The average Bonchev–Trinajstić information content (AvgIpc) is 3.28. The van der Waals surface area contributed by atoms with Crippen molar-refractivity contribution < 1.29 is 13.2 Å². The van der Waals surface area contributed by atoms with E-state index in [4.69, 9.17) is 11.6 Å². The largest absolute Gasteiger partial charge is 0.326 e. The van der Waals surface area contributed by atoms with Gasteiger partial charge in [0.1, 0.15) is 0 Å². The number of rotatable bonds is 5. The molecule has 1 amide bonds. The predicted molar refractivity (Wildman–Crippen MR) is 99.3 cm³/mol. The van der Waals surface area contributed by atoms with E-state index in [1.54, 1.807) is 43.3 Å². The summed E-state index contributed by atoms with van der Waals surface area (Å²) in [5.74, 6) is 0.346. The predicted octanol–water partition coefficient (Wildman–Crippen LogP) is 4.04. The lowest BCUT2D eigenvalue weighted by Gasteiger charge is -2.13. The number of hydrogen-bond donors (Lipinski definition) is 2. The van der Waals surface area contributed by atoms with Crippen molar-refractivity contribution in [3.8, 4) is 0 Å². The van der Waals surface area contributed by atoms with E-state index in [2.05, 4.69) is 10.0 Å². The third-order valence-electron chi connectivity index (χ3n) is 4.29. The van der Waals surface area contributed by atoms with E-state index < -0.39 is 10.0 Å². The topological polar surface area (TPSA) is 75.3 Å². The molecule has 2 aromatic carbocycles. The Kier molecular flexibility index (Phi) is 4.75. The molecule has 0 unspecified atom stereocenters. The fourth-order valence-electron chi connectivity index (χ4n) is 2.62. The van der Waals surface area contributed by atoms with Crippen molar-refractivity contribution in [2.75, 3.05) is 10.0 Å². The molecule has 0 heterocycles. The van der Waals surface area contributed by atoms with Gasteiger partial charge in [-0.15, -0.1) is 0 Å². The smallest absolute Gasteiger partial charge is 0.262 e. The second kappa shape index (κ2) is 6.69. The minimum Gasteiger partial charge on any atom is -0.326 e. The monoisotopic (exact) mass is 378 g/mol. The molecule has 0 bridgehead atoms. The number of halogens is 1. The van der Waals surface area contributed by atoms with Gasteiger partial charge in [0.05, 0.1) is 4.90 Å². The highest BCUT2D eigenvalue weighted by Crippen LogP contribution is 2.38. The molecule has 7 heteroatoms. The zero-order chi connectivity index (χ0) is 18.2. The zero-order valence-electron chi connectivity index (χ0n) is 13.9. The van der Waals surface area contributed by atoms with Crippen LogP contribution >= 0.6 is 11.6 Å². The molecule has 1 aliphatic rings. The van der Waals surface area contributed by atoms with Crippen molar-refractivity contribution in [2.24, 2.45) is 11.8 Å². The molecule has 0 spiro atoms. The standard InChI is InChI=1S/C18H19ClN2O3S/c1-11-3-6-15(20-18(22)16-9-12(16)2)10-17(11)25(23,24)21-14-7-4-13(19)5-8-14/h3-8,10,12,16,21H,9H2,1-2H3,(H,20,22)/t12-,16+/m1/s1. The highest BCUT2D eigenvalue weighted by atomic mass is 35.5. The minimum atomic E-state index is -3.77. The van der Waals surface area contributed by atoms with Crippen LogP contribution in [0.3, 0.4) is 0 Å².